The number of ether oxygens (including phenoxy) is 1. The van der Waals surface area contributed by atoms with Crippen LogP contribution in [0.25, 0.3) is 0 Å². The van der Waals surface area contributed by atoms with Crippen molar-refractivity contribution in [2.24, 2.45) is 10.7 Å². The minimum atomic E-state index is -3.08. The Morgan fingerprint density at radius 2 is 2.04 bits per heavy atom. The number of carbonyl (C=O) groups excluding carboxylic acids is 1. The van der Waals surface area contributed by atoms with Crippen LogP contribution in [0.3, 0.4) is 0 Å². The summed E-state index contributed by atoms with van der Waals surface area (Å²) in [5.41, 5.74) is 8.19. The van der Waals surface area contributed by atoms with E-state index < -0.39 is 35.9 Å². The van der Waals surface area contributed by atoms with Gasteiger partial charge in [-0.1, -0.05) is 0 Å². The Labute approximate surface area is 151 Å². The summed E-state index contributed by atoms with van der Waals surface area (Å²) >= 11 is 0. The molecule has 0 aliphatic carbocycles. The predicted octanol–water partition coefficient (Wildman–Crippen LogP) is 1.30. The molecule has 0 spiro atoms. The van der Waals surface area contributed by atoms with Gasteiger partial charge in [0, 0.05) is 11.3 Å². The lowest BCUT2D eigenvalue weighted by Gasteiger charge is -2.33. The minimum Gasteiger partial charge on any atom is -0.385 e. The summed E-state index contributed by atoms with van der Waals surface area (Å²) in [7, 11) is 0. The van der Waals surface area contributed by atoms with Gasteiger partial charge in [-0.15, -0.1) is 0 Å². The van der Waals surface area contributed by atoms with Gasteiger partial charge in [0.15, 0.2) is 5.54 Å². The van der Waals surface area contributed by atoms with Crippen molar-refractivity contribution in [2.75, 3.05) is 24.3 Å². The van der Waals surface area contributed by atoms with E-state index in [9.17, 15) is 18.0 Å². The highest BCUT2D eigenvalue weighted by molar-refractivity contribution is 6.02. The van der Waals surface area contributed by atoms with Gasteiger partial charge >= 0.3 is 0 Å². The standard InChI is InChI=1S/C16H15F3N6O2/c17-10-2-1-8(24-14(26)11-4-23-12(20)5-22-11)3-9(10)16(15(18)19)7-27-6-13(21)25-16/h1-5,15H,6-7H2,(H2,20,23)(H2,21,25)(H,24,26). The number of aliphatic imine (C=N–C) groups is 1. The lowest BCUT2D eigenvalue weighted by Crippen LogP contribution is -2.45. The Balaban J connectivity index is 1.95. The van der Waals surface area contributed by atoms with Crippen LogP contribution in [-0.4, -0.2) is 41.3 Å². The molecule has 1 aromatic carbocycles. The second kappa shape index (κ2) is 7.19. The molecule has 2 heterocycles. The fourth-order valence-corrected chi connectivity index (χ4v) is 2.58. The SMILES string of the molecule is NC1=NC(c2cc(NC(=O)c3cnc(N)cn3)ccc2F)(C(F)F)COC1. The van der Waals surface area contributed by atoms with Crippen molar-refractivity contribution in [1.29, 1.82) is 0 Å². The number of hydrogen-bond acceptors (Lipinski definition) is 7. The monoisotopic (exact) mass is 380 g/mol. The molecule has 1 aliphatic rings. The molecule has 1 unspecified atom stereocenters. The van der Waals surface area contributed by atoms with Gasteiger partial charge in [0.1, 0.15) is 29.8 Å². The van der Waals surface area contributed by atoms with Crippen LogP contribution in [0, 0.1) is 5.82 Å². The summed E-state index contributed by atoms with van der Waals surface area (Å²) in [5, 5.41) is 2.44. The Morgan fingerprint density at radius 1 is 1.26 bits per heavy atom. The van der Waals surface area contributed by atoms with Crippen molar-refractivity contribution >= 4 is 23.2 Å². The van der Waals surface area contributed by atoms with Crippen LogP contribution in [0.15, 0.2) is 35.6 Å². The van der Waals surface area contributed by atoms with Gasteiger partial charge in [-0.05, 0) is 18.2 Å². The molecule has 0 bridgehead atoms. The Kier molecular flexibility index (Phi) is 4.95. The van der Waals surface area contributed by atoms with Crippen molar-refractivity contribution in [2.45, 2.75) is 12.0 Å². The number of nitrogens with one attached hydrogen (secondary N) is 1. The number of amides is 1. The quantitative estimate of drug-likeness (QED) is 0.733. The number of halogens is 3. The first-order chi connectivity index (χ1) is 12.8. The van der Waals surface area contributed by atoms with Crippen LogP contribution in [0.5, 0.6) is 0 Å². The van der Waals surface area contributed by atoms with Crippen molar-refractivity contribution < 1.29 is 22.7 Å². The molecular formula is C16H15F3N6O2. The number of nitrogens with two attached hydrogens (primary N) is 2. The van der Waals surface area contributed by atoms with E-state index in [2.05, 4.69) is 20.3 Å². The van der Waals surface area contributed by atoms with Crippen LogP contribution in [0.2, 0.25) is 0 Å². The summed E-state index contributed by atoms with van der Waals surface area (Å²) in [5.74, 6) is -1.65. The van der Waals surface area contributed by atoms with Gasteiger partial charge in [0.05, 0.1) is 19.0 Å². The smallest absolute Gasteiger partial charge is 0.275 e. The molecule has 8 nitrogen and oxygen atoms in total. The van der Waals surface area contributed by atoms with Crippen LogP contribution in [0.4, 0.5) is 24.7 Å². The maximum atomic E-state index is 14.3. The van der Waals surface area contributed by atoms with E-state index in [0.717, 1.165) is 18.3 Å². The maximum absolute atomic E-state index is 14.3. The molecular weight excluding hydrogens is 365 g/mol. The second-order valence-corrected chi connectivity index (χ2v) is 5.80. The lowest BCUT2D eigenvalue weighted by molar-refractivity contribution is -0.0145. The number of nitrogens with zero attached hydrogens (tertiary/aromatic N) is 3. The van der Waals surface area contributed by atoms with Crippen LogP contribution in [-0.2, 0) is 10.3 Å². The van der Waals surface area contributed by atoms with E-state index in [1.807, 2.05) is 0 Å². The summed E-state index contributed by atoms with van der Waals surface area (Å²) in [6.45, 7) is -0.675. The molecule has 0 fully saturated rings. The molecule has 11 heteroatoms. The molecule has 27 heavy (non-hydrogen) atoms. The van der Waals surface area contributed by atoms with Crippen molar-refractivity contribution in [1.82, 2.24) is 9.97 Å². The fraction of sp³-hybridized carbons (Fsp3) is 0.250. The lowest BCUT2D eigenvalue weighted by atomic mass is 9.90. The molecule has 0 radical (unpaired) electrons. The van der Waals surface area contributed by atoms with Gasteiger partial charge in [-0.25, -0.2) is 23.1 Å². The average Bonchev–Trinajstić information content (AvgIpc) is 2.63. The van der Waals surface area contributed by atoms with Crippen LogP contribution < -0.4 is 16.8 Å². The van der Waals surface area contributed by atoms with Gasteiger partial charge < -0.3 is 21.5 Å². The maximum Gasteiger partial charge on any atom is 0.275 e. The molecule has 1 aliphatic heterocycles. The number of amidine groups is 1. The van der Waals surface area contributed by atoms with Crippen LogP contribution in [0.1, 0.15) is 16.1 Å². The van der Waals surface area contributed by atoms with E-state index in [1.54, 1.807) is 0 Å². The number of alkyl halides is 2. The molecule has 142 valence electrons. The first-order valence-corrected chi connectivity index (χ1v) is 7.71. The first-order valence-electron chi connectivity index (χ1n) is 7.71. The largest absolute Gasteiger partial charge is 0.385 e. The fourth-order valence-electron chi connectivity index (χ4n) is 2.58. The van der Waals surface area contributed by atoms with E-state index >= 15 is 0 Å². The molecule has 5 N–H and O–H groups in total. The number of anilines is 2. The van der Waals surface area contributed by atoms with Crippen LogP contribution >= 0.6 is 0 Å². The topological polar surface area (TPSA) is 129 Å². The summed E-state index contributed by atoms with van der Waals surface area (Å²) in [4.78, 5) is 23.5. The summed E-state index contributed by atoms with van der Waals surface area (Å²) < 4.78 is 47.0. The van der Waals surface area contributed by atoms with Crippen molar-refractivity contribution in [3.63, 3.8) is 0 Å². The second-order valence-electron chi connectivity index (χ2n) is 5.80. The molecule has 1 atom stereocenters. The molecule has 1 aromatic heterocycles. The van der Waals surface area contributed by atoms with E-state index in [4.69, 9.17) is 16.2 Å². The highest BCUT2D eigenvalue weighted by Crippen LogP contribution is 2.37. The van der Waals surface area contributed by atoms with E-state index in [-0.39, 0.29) is 29.6 Å². The van der Waals surface area contributed by atoms with E-state index in [1.165, 1.54) is 12.3 Å². The third kappa shape index (κ3) is 3.67. The highest BCUT2D eigenvalue weighted by Gasteiger charge is 2.46. The zero-order valence-electron chi connectivity index (χ0n) is 13.8. The highest BCUT2D eigenvalue weighted by atomic mass is 19.3. The number of nitrogen functional groups attached to an aromatic ring is 1. The van der Waals surface area contributed by atoms with Gasteiger partial charge in [-0.3, -0.25) is 9.79 Å². The Hall–Kier alpha value is -3.21. The number of benzene rings is 1. The summed E-state index contributed by atoms with van der Waals surface area (Å²) in [6, 6.07) is 3.23. The molecule has 3 rings (SSSR count). The molecule has 2 aromatic rings. The number of hydrogen-bond donors (Lipinski definition) is 3. The Morgan fingerprint density at radius 3 is 2.67 bits per heavy atom. The molecule has 0 saturated carbocycles. The van der Waals surface area contributed by atoms with Gasteiger partial charge in [0.2, 0.25) is 0 Å². The first kappa shape index (κ1) is 18.6. The number of rotatable bonds is 4. The number of carbonyl (C=O) groups is 1. The zero-order chi connectivity index (χ0) is 19.6. The normalized spacial score (nSPS) is 19.6. The predicted molar refractivity (Wildman–Crippen MR) is 90.9 cm³/mol. The zero-order valence-corrected chi connectivity index (χ0v) is 13.8. The summed E-state index contributed by atoms with van der Waals surface area (Å²) in [6.07, 6.45) is -0.747. The molecule has 1 amide bonds. The third-order valence-corrected chi connectivity index (χ3v) is 3.87. The van der Waals surface area contributed by atoms with Crippen molar-refractivity contribution in [3.8, 4) is 0 Å². The number of aromatic nitrogens is 2. The van der Waals surface area contributed by atoms with E-state index in [0.29, 0.717) is 0 Å². The average molecular weight is 380 g/mol. The van der Waals surface area contributed by atoms with Crippen molar-refractivity contribution in [3.05, 3.63) is 47.7 Å². The van der Waals surface area contributed by atoms with Gasteiger partial charge in [-0.2, -0.15) is 0 Å². The minimum absolute atomic E-state index is 0.0538. The Bertz CT molecular complexity index is 890. The molecule has 0 saturated heterocycles. The third-order valence-electron chi connectivity index (χ3n) is 3.87. The van der Waals surface area contributed by atoms with Gasteiger partial charge in [0.25, 0.3) is 12.3 Å².